The lowest BCUT2D eigenvalue weighted by Gasteiger charge is -2.35. The van der Waals surface area contributed by atoms with Gasteiger partial charge in [0.15, 0.2) is 6.10 Å². The second kappa shape index (κ2) is 7.78. The van der Waals surface area contributed by atoms with Gasteiger partial charge in [0.05, 0.1) is 24.4 Å². The summed E-state index contributed by atoms with van der Waals surface area (Å²) in [5.41, 5.74) is -0.925. The third kappa shape index (κ3) is 6.04. The minimum Gasteiger partial charge on any atom is -0.430 e. The molecule has 0 aromatic carbocycles. The van der Waals surface area contributed by atoms with E-state index in [0.717, 1.165) is 0 Å². The average Bonchev–Trinajstić information content (AvgIpc) is 3.11. The molecule has 2 rings (SSSR count). The van der Waals surface area contributed by atoms with Gasteiger partial charge in [0, 0.05) is 12.3 Å². The molecule has 2 aliphatic heterocycles. The summed E-state index contributed by atoms with van der Waals surface area (Å²) in [5.74, 6) is 0.0900. The molecular weight excluding hydrogens is 332 g/mol. The molecule has 25 heavy (non-hydrogen) atoms. The monoisotopic (exact) mass is 360 g/mol. The lowest BCUT2D eigenvalue weighted by molar-refractivity contribution is -0.123. The Kier molecular flexibility index (Phi) is 6.16. The van der Waals surface area contributed by atoms with E-state index in [2.05, 4.69) is 0 Å². The predicted molar refractivity (Wildman–Crippen MR) is 86.3 cm³/mol. The molecule has 0 radical (unpaired) electrons. The van der Waals surface area contributed by atoms with Crippen LogP contribution < -0.4 is 0 Å². The van der Waals surface area contributed by atoms with Gasteiger partial charge in [0.2, 0.25) is 0 Å². The van der Waals surface area contributed by atoms with Crippen LogP contribution in [0.4, 0.5) is 9.59 Å². The van der Waals surface area contributed by atoms with E-state index < -0.39 is 23.5 Å². The van der Waals surface area contributed by atoms with Crippen LogP contribution in [0.15, 0.2) is 0 Å². The van der Waals surface area contributed by atoms with Gasteiger partial charge in [-0.05, 0) is 27.7 Å². The molecule has 0 bridgehead atoms. The van der Waals surface area contributed by atoms with Gasteiger partial charge in [-0.1, -0.05) is 6.92 Å². The Hall–Kier alpha value is -1.54. The van der Waals surface area contributed by atoms with Crippen LogP contribution in [0, 0.1) is 5.92 Å². The maximum Gasteiger partial charge on any atom is 0.508 e. The molecule has 3 unspecified atom stereocenters. The summed E-state index contributed by atoms with van der Waals surface area (Å²) in [5, 5.41) is 0. The van der Waals surface area contributed by atoms with Crippen molar-refractivity contribution in [2.45, 2.75) is 64.4 Å². The second-order valence-electron chi connectivity index (χ2n) is 7.69. The SMILES string of the molecule is CC(COC(C)(C)CC1COC(=O)O1)C(C)(C)OCC1COC(=O)O1. The zero-order valence-corrected chi connectivity index (χ0v) is 15.5. The average molecular weight is 360 g/mol. The van der Waals surface area contributed by atoms with Crippen LogP contribution in [0.25, 0.3) is 0 Å². The first kappa shape index (κ1) is 19.8. The number of carbonyl (C=O) groups is 2. The Balaban J connectivity index is 1.73. The Morgan fingerprint density at radius 1 is 1.00 bits per heavy atom. The van der Waals surface area contributed by atoms with E-state index in [4.69, 9.17) is 28.4 Å². The highest BCUT2D eigenvalue weighted by atomic mass is 16.8. The normalized spacial score (nSPS) is 25.2. The molecule has 2 aliphatic rings. The van der Waals surface area contributed by atoms with E-state index in [1.807, 2.05) is 34.6 Å². The van der Waals surface area contributed by atoms with Crippen molar-refractivity contribution in [1.29, 1.82) is 0 Å². The third-order valence-electron chi connectivity index (χ3n) is 4.57. The fourth-order valence-electron chi connectivity index (χ4n) is 2.52. The van der Waals surface area contributed by atoms with Gasteiger partial charge < -0.3 is 28.4 Å². The van der Waals surface area contributed by atoms with Crippen molar-refractivity contribution < 1.29 is 38.0 Å². The zero-order valence-electron chi connectivity index (χ0n) is 15.5. The lowest BCUT2D eigenvalue weighted by Crippen LogP contribution is -2.41. The summed E-state index contributed by atoms with van der Waals surface area (Å²) in [4.78, 5) is 21.9. The summed E-state index contributed by atoms with van der Waals surface area (Å²) in [6, 6.07) is 0. The summed E-state index contributed by atoms with van der Waals surface area (Å²) < 4.78 is 31.5. The second-order valence-corrected chi connectivity index (χ2v) is 7.69. The van der Waals surface area contributed by atoms with E-state index in [9.17, 15) is 9.59 Å². The molecule has 8 heteroatoms. The maximum absolute atomic E-state index is 11.0. The molecule has 0 N–H and O–H groups in total. The Morgan fingerprint density at radius 3 is 2.08 bits per heavy atom. The Morgan fingerprint density at radius 2 is 1.56 bits per heavy atom. The summed E-state index contributed by atoms with van der Waals surface area (Å²) in [6.07, 6.45) is -1.36. The summed E-state index contributed by atoms with van der Waals surface area (Å²) in [7, 11) is 0. The van der Waals surface area contributed by atoms with Gasteiger partial charge >= 0.3 is 12.3 Å². The van der Waals surface area contributed by atoms with Crippen molar-refractivity contribution in [2.24, 2.45) is 5.92 Å². The number of cyclic esters (lactones) is 4. The molecule has 0 saturated carbocycles. The van der Waals surface area contributed by atoms with Gasteiger partial charge in [-0.15, -0.1) is 0 Å². The molecular formula is C17H28O8. The molecule has 2 heterocycles. The number of hydrogen-bond donors (Lipinski definition) is 0. The fraction of sp³-hybridized carbons (Fsp3) is 0.882. The van der Waals surface area contributed by atoms with Crippen molar-refractivity contribution in [3.8, 4) is 0 Å². The highest BCUT2D eigenvalue weighted by molar-refractivity contribution is 5.62. The first-order chi connectivity index (χ1) is 11.6. The highest BCUT2D eigenvalue weighted by Gasteiger charge is 2.35. The van der Waals surface area contributed by atoms with E-state index in [1.54, 1.807) is 0 Å². The quantitative estimate of drug-likeness (QED) is 0.580. The molecule has 0 amide bonds. The smallest absolute Gasteiger partial charge is 0.430 e. The van der Waals surface area contributed by atoms with Crippen molar-refractivity contribution in [3.63, 3.8) is 0 Å². The Bertz CT molecular complexity index is 487. The van der Waals surface area contributed by atoms with E-state index >= 15 is 0 Å². The molecule has 8 nitrogen and oxygen atoms in total. The van der Waals surface area contributed by atoms with E-state index in [0.29, 0.717) is 13.0 Å². The van der Waals surface area contributed by atoms with E-state index in [1.165, 1.54) is 0 Å². The van der Waals surface area contributed by atoms with Crippen molar-refractivity contribution in [1.82, 2.24) is 0 Å². The molecule has 144 valence electrons. The minimum atomic E-state index is -0.652. The minimum absolute atomic E-state index is 0.0900. The highest BCUT2D eigenvalue weighted by Crippen LogP contribution is 2.27. The van der Waals surface area contributed by atoms with E-state index in [-0.39, 0.29) is 37.9 Å². The van der Waals surface area contributed by atoms with Crippen LogP contribution in [0.1, 0.15) is 41.0 Å². The Labute approximate surface area is 148 Å². The van der Waals surface area contributed by atoms with Crippen LogP contribution in [0.5, 0.6) is 0 Å². The van der Waals surface area contributed by atoms with Gasteiger partial charge in [0.25, 0.3) is 0 Å². The predicted octanol–water partition coefficient (Wildman–Crippen LogP) is 2.67. The number of ether oxygens (including phenoxy) is 6. The number of rotatable bonds is 9. The maximum atomic E-state index is 11.0. The largest absolute Gasteiger partial charge is 0.508 e. The van der Waals surface area contributed by atoms with Crippen molar-refractivity contribution in [2.75, 3.05) is 26.4 Å². The third-order valence-corrected chi connectivity index (χ3v) is 4.57. The zero-order chi connectivity index (χ0) is 18.7. The first-order valence-corrected chi connectivity index (χ1v) is 8.52. The molecule has 0 aliphatic carbocycles. The van der Waals surface area contributed by atoms with Crippen LogP contribution >= 0.6 is 0 Å². The molecule has 2 saturated heterocycles. The summed E-state index contributed by atoms with van der Waals surface area (Å²) >= 11 is 0. The molecule has 0 aromatic rings. The van der Waals surface area contributed by atoms with Crippen LogP contribution in [-0.4, -0.2) is 62.1 Å². The molecule has 0 spiro atoms. The summed E-state index contributed by atoms with van der Waals surface area (Å²) in [6.45, 7) is 11.1. The molecule has 0 aromatic heterocycles. The standard InChI is InChI=1S/C17H28O8/c1-11(17(4,5)23-10-13-9-21-15(19)25-13)7-22-16(2,3)6-12-8-20-14(18)24-12/h11-13H,6-10H2,1-5H3. The molecule has 3 atom stereocenters. The first-order valence-electron chi connectivity index (χ1n) is 8.52. The van der Waals surface area contributed by atoms with Crippen molar-refractivity contribution >= 4 is 12.3 Å². The van der Waals surface area contributed by atoms with Crippen LogP contribution in [0.2, 0.25) is 0 Å². The topological polar surface area (TPSA) is 89.5 Å². The fourth-order valence-corrected chi connectivity index (χ4v) is 2.52. The van der Waals surface area contributed by atoms with Gasteiger partial charge in [-0.25, -0.2) is 9.59 Å². The lowest BCUT2D eigenvalue weighted by atomic mass is 9.92. The van der Waals surface area contributed by atoms with Crippen molar-refractivity contribution in [3.05, 3.63) is 0 Å². The van der Waals surface area contributed by atoms with Gasteiger partial charge in [0.1, 0.15) is 19.3 Å². The van der Waals surface area contributed by atoms with Crippen LogP contribution in [0.3, 0.4) is 0 Å². The van der Waals surface area contributed by atoms with Gasteiger partial charge in [-0.3, -0.25) is 0 Å². The number of hydrogen-bond acceptors (Lipinski definition) is 8. The number of carbonyl (C=O) groups excluding carboxylic acids is 2. The molecule has 2 fully saturated rings. The van der Waals surface area contributed by atoms with Gasteiger partial charge in [-0.2, -0.15) is 0 Å². The van der Waals surface area contributed by atoms with Crippen LogP contribution in [-0.2, 0) is 28.4 Å².